The van der Waals surface area contributed by atoms with Gasteiger partial charge in [-0.15, -0.1) is 0 Å². The molecule has 2 aromatic heterocycles. The van der Waals surface area contributed by atoms with Crippen LogP contribution in [0, 0.1) is 6.92 Å². The van der Waals surface area contributed by atoms with Crippen molar-refractivity contribution in [2.24, 2.45) is 0 Å². The highest BCUT2D eigenvalue weighted by atomic mass is 79.9. The van der Waals surface area contributed by atoms with Gasteiger partial charge in [-0.25, -0.2) is 4.98 Å². The van der Waals surface area contributed by atoms with Gasteiger partial charge in [0.25, 0.3) is 0 Å². The van der Waals surface area contributed by atoms with Crippen LogP contribution in [-0.4, -0.2) is 4.98 Å². The summed E-state index contributed by atoms with van der Waals surface area (Å²) in [7, 11) is 0. The van der Waals surface area contributed by atoms with E-state index in [1.54, 1.807) is 0 Å². The maximum atomic E-state index is 5.92. The first-order valence-electron chi connectivity index (χ1n) is 7.05. The van der Waals surface area contributed by atoms with Gasteiger partial charge in [-0.3, -0.25) is 0 Å². The van der Waals surface area contributed by atoms with Gasteiger partial charge in [-0.1, -0.05) is 25.1 Å². The van der Waals surface area contributed by atoms with Crippen LogP contribution in [0.2, 0.25) is 0 Å². The van der Waals surface area contributed by atoms with Crippen molar-refractivity contribution in [2.45, 2.75) is 26.8 Å². The molecule has 0 atom stereocenters. The Bertz CT molecular complexity index is 780. The second kappa shape index (κ2) is 5.90. The molecule has 0 aliphatic heterocycles. The van der Waals surface area contributed by atoms with E-state index in [1.165, 1.54) is 10.9 Å². The molecule has 1 N–H and O–H groups in total. The zero-order valence-electron chi connectivity index (χ0n) is 12.1. The van der Waals surface area contributed by atoms with Crippen LogP contribution in [0.3, 0.4) is 0 Å². The number of nitrogens with zero attached hydrogens (tertiary/aromatic N) is 1. The number of rotatable bonds is 4. The average molecular weight is 345 g/mol. The summed E-state index contributed by atoms with van der Waals surface area (Å²) in [6, 6.07) is 12.2. The van der Waals surface area contributed by atoms with E-state index in [0.717, 1.165) is 40.3 Å². The molecule has 3 nitrogen and oxygen atoms in total. The average Bonchev–Trinajstić information content (AvgIpc) is 2.84. The first-order valence-corrected chi connectivity index (χ1v) is 7.84. The molecule has 21 heavy (non-hydrogen) atoms. The largest absolute Gasteiger partial charge is 0.461 e. The van der Waals surface area contributed by atoms with E-state index < -0.39 is 0 Å². The van der Waals surface area contributed by atoms with Gasteiger partial charge in [0.15, 0.2) is 0 Å². The monoisotopic (exact) mass is 344 g/mol. The van der Waals surface area contributed by atoms with Gasteiger partial charge < -0.3 is 9.73 Å². The highest BCUT2D eigenvalue weighted by molar-refractivity contribution is 9.10. The number of para-hydroxylation sites is 1. The summed E-state index contributed by atoms with van der Waals surface area (Å²) in [5, 5.41) is 4.65. The summed E-state index contributed by atoms with van der Waals surface area (Å²) >= 11 is 3.39. The Kier molecular flexibility index (Phi) is 3.97. The minimum Gasteiger partial charge on any atom is -0.461 e. The predicted octanol–water partition coefficient (Wildman–Crippen LogP) is 5.07. The van der Waals surface area contributed by atoms with Gasteiger partial charge in [0, 0.05) is 23.9 Å². The summed E-state index contributed by atoms with van der Waals surface area (Å²) in [6.07, 6.45) is 0.892. The zero-order chi connectivity index (χ0) is 14.8. The number of benzene rings is 1. The van der Waals surface area contributed by atoms with E-state index in [-0.39, 0.29) is 0 Å². The molecule has 2 heterocycles. The minimum absolute atomic E-state index is 0.740. The van der Waals surface area contributed by atoms with Crippen LogP contribution in [0.4, 0.5) is 5.69 Å². The quantitative estimate of drug-likeness (QED) is 0.671. The zero-order valence-corrected chi connectivity index (χ0v) is 13.7. The summed E-state index contributed by atoms with van der Waals surface area (Å²) in [5.74, 6) is 1.05. The smallest absolute Gasteiger partial charge is 0.134 e. The lowest BCUT2D eigenvalue weighted by Gasteiger charge is -2.09. The van der Waals surface area contributed by atoms with E-state index >= 15 is 0 Å². The Morgan fingerprint density at radius 2 is 2.00 bits per heavy atom. The molecule has 3 aromatic rings. The van der Waals surface area contributed by atoms with Crippen molar-refractivity contribution in [1.82, 2.24) is 4.98 Å². The van der Waals surface area contributed by atoms with E-state index in [2.05, 4.69) is 39.2 Å². The van der Waals surface area contributed by atoms with Gasteiger partial charge in [0.1, 0.15) is 15.9 Å². The van der Waals surface area contributed by atoms with Crippen LogP contribution >= 0.6 is 15.9 Å². The second-order valence-electron chi connectivity index (χ2n) is 4.97. The molecular formula is C17H17BrN2O. The first kappa shape index (κ1) is 14.1. The van der Waals surface area contributed by atoms with Crippen molar-refractivity contribution < 1.29 is 4.42 Å². The number of aromatic nitrogens is 1. The normalized spacial score (nSPS) is 11.0. The number of anilines is 1. The number of nitrogens with one attached hydrogen (secondary N) is 1. The summed E-state index contributed by atoms with van der Waals surface area (Å²) in [6.45, 7) is 4.86. The van der Waals surface area contributed by atoms with Crippen molar-refractivity contribution in [3.8, 4) is 0 Å². The van der Waals surface area contributed by atoms with Crippen LogP contribution in [0.1, 0.15) is 23.9 Å². The molecule has 4 heteroatoms. The molecule has 0 saturated heterocycles. The lowest BCUT2D eigenvalue weighted by Crippen LogP contribution is -2.03. The number of pyridine rings is 1. The molecular weight excluding hydrogens is 328 g/mol. The molecule has 0 radical (unpaired) electrons. The van der Waals surface area contributed by atoms with Gasteiger partial charge >= 0.3 is 0 Å². The van der Waals surface area contributed by atoms with Crippen molar-refractivity contribution >= 4 is 32.6 Å². The number of furan rings is 1. The molecule has 108 valence electrons. The Labute approximate surface area is 132 Å². The van der Waals surface area contributed by atoms with Gasteiger partial charge in [0.2, 0.25) is 0 Å². The predicted molar refractivity (Wildman–Crippen MR) is 89.6 cm³/mol. The van der Waals surface area contributed by atoms with Crippen LogP contribution < -0.4 is 5.32 Å². The first-order chi connectivity index (χ1) is 10.2. The Morgan fingerprint density at radius 3 is 2.76 bits per heavy atom. The molecule has 0 fully saturated rings. The van der Waals surface area contributed by atoms with E-state index in [0.29, 0.717) is 0 Å². The molecule has 0 unspecified atom stereocenters. The van der Waals surface area contributed by atoms with Gasteiger partial charge in [-0.2, -0.15) is 0 Å². The highest BCUT2D eigenvalue weighted by Crippen LogP contribution is 2.27. The van der Waals surface area contributed by atoms with E-state index in [4.69, 9.17) is 4.42 Å². The van der Waals surface area contributed by atoms with Crippen LogP contribution in [0.25, 0.3) is 11.0 Å². The maximum absolute atomic E-state index is 5.92. The van der Waals surface area contributed by atoms with Crippen molar-refractivity contribution in [3.05, 3.63) is 58.0 Å². The summed E-state index contributed by atoms with van der Waals surface area (Å²) in [4.78, 5) is 4.41. The lowest BCUT2D eigenvalue weighted by molar-refractivity contribution is 0.551. The summed E-state index contributed by atoms with van der Waals surface area (Å²) in [5.41, 5.74) is 4.22. The molecule has 1 aromatic carbocycles. The van der Waals surface area contributed by atoms with Crippen molar-refractivity contribution in [3.63, 3.8) is 0 Å². The topological polar surface area (TPSA) is 38.1 Å². The molecule has 0 bridgehead atoms. The van der Waals surface area contributed by atoms with Crippen LogP contribution in [0.5, 0.6) is 0 Å². The van der Waals surface area contributed by atoms with Gasteiger partial charge in [-0.05, 0) is 41.1 Å². The number of fused-ring (bicyclic) bond motifs is 1. The van der Waals surface area contributed by atoms with Gasteiger partial charge in [0.05, 0.1) is 11.4 Å². The van der Waals surface area contributed by atoms with E-state index in [9.17, 15) is 0 Å². The number of hydrogen-bond acceptors (Lipinski definition) is 3. The number of halogens is 1. The Balaban J connectivity index is 1.91. The van der Waals surface area contributed by atoms with Crippen molar-refractivity contribution in [1.29, 1.82) is 0 Å². The Hall–Kier alpha value is -1.81. The lowest BCUT2D eigenvalue weighted by atomic mass is 10.1. The molecule has 0 saturated carbocycles. The fourth-order valence-electron chi connectivity index (χ4n) is 2.53. The Morgan fingerprint density at radius 1 is 1.19 bits per heavy atom. The third-order valence-corrected chi connectivity index (χ3v) is 4.05. The van der Waals surface area contributed by atoms with Crippen LogP contribution in [-0.2, 0) is 13.0 Å². The highest BCUT2D eigenvalue weighted by Gasteiger charge is 2.12. The second-order valence-corrected chi connectivity index (χ2v) is 5.79. The SMILES string of the molecule is CCc1oc2ccccc2c1CNc1ccc(Br)nc1C. The molecule has 0 aliphatic rings. The minimum atomic E-state index is 0.740. The molecule has 0 aliphatic carbocycles. The van der Waals surface area contributed by atoms with Crippen molar-refractivity contribution in [2.75, 3.05) is 5.32 Å². The third kappa shape index (κ3) is 2.81. The number of hydrogen-bond donors (Lipinski definition) is 1. The summed E-state index contributed by atoms with van der Waals surface area (Å²) < 4.78 is 6.78. The fourth-order valence-corrected chi connectivity index (χ4v) is 2.93. The standard InChI is InChI=1S/C17H17BrN2O/c1-3-15-13(12-6-4-5-7-16(12)21-15)10-19-14-8-9-17(18)20-11(14)2/h4-9,19H,3,10H2,1-2H3. The molecule has 0 spiro atoms. The fraction of sp³-hybridized carbons (Fsp3) is 0.235. The molecule has 3 rings (SSSR count). The molecule has 0 amide bonds. The third-order valence-electron chi connectivity index (χ3n) is 3.61. The number of aryl methyl sites for hydroxylation is 2. The maximum Gasteiger partial charge on any atom is 0.134 e. The van der Waals surface area contributed by atoms with Crippen LogP contribution in [0.15, 0.2) is 45.4 Å². The van der Waals surface area contributed by atoms with E-state index in [1.807, 2.05) is 37.3 Å².